The summed E-state index contributed by atoms with van der Waals surface area (Å²) in [6, 6.07) is 3.23. The first-order chi connectivity index (χ1) is 16.3. The van der Waals surface area contributed by atoms with Gasteiger partial charge in [0.15, 0.2) is 0 Å². The molecular weight excluding hydrogens is 460 g/mol. The van der Waals surface area contributed by atoms with Crippen molar-refractivity contribution in [3.63, 3.8) is 0 Å². The van der Waals surface area contributed by atoms with Gasteiger partial charge in [0.1, 0.15) is 0 Å². The average Bonchev–Trinajstić information content (AvgIpc) is 3.55. The molecule has 0 bridgehead atoms. The van der Waals surface area contributed by atoms with Crippen LogP contribution in [0, 0.1) is 5.41 Å². The molecule has 0 atom stereocenters. The second kappa shape index (κ2) is 8.34. The molecule has 4 aliphatic rings. The smallest absolute Gasteiger partial charge is 0.263 e. The first kappa shape index (κ1) is 22.5. The zero-order valence-electron chi connectivity index (χ0n) is 19.1. The van der Waals surface area contributed by atoms with Gasteiger partial charge in [0, 0.05) is 42.8 Å². The summed E-state index contributed by atoms with van der Waals surface area (Å²) in [5.74, 6) is 0.721. The average molecular weight is 492 g/mol. The van der Waals surface area contributed by atoms with Crippen molar-refractivity contribution in [1.29, 1.82) is 0 Å². The summed E-state index contributed by atoms with van der Waals surface area (Å²) >= 11 is 0. The molecule has 2 aromatic rings. The SMILES string of the molecule is O=S(=O)(C1CC1)N1CCC(Nc2ncc3cc(C(F)F)cc(C4CC5(CCNC5)C4)c3n2)CC1. The van der Waals surface area contributed by atoms with Crippen molar-refractivity contribution in [2.24, 2.45) is 5.41 Å². The predicted molar refractivity (Wildman–Crippen MR) is 127 cm³/mol. The highest BCUT2D eigenvalue weighted by atomic mass is 32.2. The molecule has 3 heterocycles. The van der Waals surface area contributed by atoms with Crippen molar-refractivity contribution in [2.45, 2.75) is 68.6 Å². The van der Waals surface area contributed by atoms with Gasteiger partial charge >= 0.3 is 0 Å². The van der Waals surface area contributed by atoms with Crippen LogP contribution in [0.2, 0.25) is 0 Å². The molecular formula is C24H31F2N5O2S. The molecule has 2 N–H and O–H groups in total. The summed E-state index contributed by atoms with van der Waals surface area (Å²) in [6.07, 6.45) is 5.21. The molecule has 7 nitrogen and oxygen atoms in total. The minimum atomic E-state index is -3.14. The Hall–Kier alpha value is -1.91. The number of nitrogens with zero attached hydrogens (tertiary/aromatic N) is 3. The highest BCUT2D eigenvalue weighted by molar-refractivity contribution is 7.90. The largest absolute Gasteiger partial charge is 0.351 e. The van der Waals surface area contributed by atoms with Crippen molar-refractivity contribution in [3.05, 3.63) is 29.5 Å². The fourth-order valence-corrected chi connectivity index (χ4v) is 7.94. The molecule has 0 amide bonds. The standard InChI is InChI=1S/C24H31F2N5O2S/c25-22(26)15-9-16-13-28-23(29-18-3-7-31(8-4-18)34(32,33)19-1-2-19)30-21(16)20(10-15)17-11-24(12-17)5-6-27-14-24/h9-10,13,17-19,22,27H,1-8,11-12,14H2,(H,28,29,30). The van der Waals surface area contributed by atoms with E-state index in [9.17, 15) is 17.2 Å². The summed E-state index contributed by atoms with van der Waals surface area (Å²) in [7, 11) is -3.14. The maximum Gasteiger partial charge on any atom is 0.263 e. The summed E-state index contributed by atoms with van der Waals surface area (Å²) in [5.41, 5.74) is 1.99. The Morgan fingerprint density at radius 2 is 1.91 bits per heavy atom. The fraction of sp³-hybridized carbons (Fsp3) is 0.667. The lowest BCUT2D eigenvalue weighted by Crippen LogP contribution is -2.43. The molecule has 2 saturated carbocycles. The van der Waals surface area contributed by atoms with E-state index in [1.807, 2.05) is 0 Å². The van der Waals surface area contributed by atoms with E-state index in [4.69, 9.17) is 4.98 Å². The van der Waals surface area contributed by atoms with Gasteiger partial charge in [-0.05, 0) is 80.5 Å². The molecule has 184 valence electrons. The topological polar surface area (TPSA) is 87.2 Å². The van der Waals surface area contributed by atoms with Crippen LogP contribution in [0.3, 0.4) is 0 Å². The molecule has 4 fully saturated rings. The van der Waals surface area contributed by atoms with Crippen LogP contribution in [0.15, 0.2) is 18.3 Å². The van der Waals surface area contributed by atoms with Gasteiger partial charge in [-0.3, -0.25) is 0 Å². The van der Waals surface area contributed by atoms with E-state index in [1.165, 1.54) is 6.07 Å². The van der Waals surface area contributed by atoms with Gasteiger partial charge in [0.05, 0.1) is 10.8 Å². The van der Waals surface area contributed by atoms with Crippen LogP contribution >= 0.6 is 0 Å². The van der Waals surface area contributed by atoms with Crippen LogP contribution in [0.25, 0.3) is 10.9 Å². The highest BCUT2D eigenvalue weighted by Gasteiger charge is 2.47. The van der Waals surface area contributed by atoms with Gasteiger partial charge in [0.25, 0.3) is 6.43 Å². The van der Waals surface area contributed by atoms with Gasteiger partial charge in [-0.2, -0.15) is 0 Å². The molecule has 0 unspecified atom stereocenters. The highest BCUT2D eigenvalue weighted by Crippen LogP contribution is 2.55. The number of hydrogen-bond donors (Lipinski definition) is 2. The number of sulfonamides is 1. The van der Waals surface area contributed by atoms with Crippen LogP contribution in [0.5, 0.6) is 0 Å². The van der Waals surface area contributed by atoms with Crippen LogP contribution in [-0.2, 0) is 10.0 Å². The second-order valence-electron chi connectivity index (χ2n) is 10.6. The molecule has 34 heavy (non-hydrogen) atoms. The Balaban J connectivity index is 1.21. The molecule has 1 aromatic carbocycles. The molecule has 10 heteroatoms. The Morgan fingerprint density at radius 1 is 1.15 bits per heavy atom. The van der Waals surface area contributed by atoms with Gasteiger partial charge in [-0.25, -0.2) is 31.5 Å². The Morgan fingerprint density at radius 3 is 2.56 bits per heavy atom. The first-order valence-electron chi connectivity index (χ1n) is 12.4. The van der Waals surface area contributed by atoms with Crippen molar-refractivity contribution in [1.82, 2.24) is 19.6 Å². The minimum absolute atomic E-state index is 0.0292. The molecule has 2 saturated heterocycles. The predicted octanol–water partition coefficient (Wildman–Crippen LogP) is 3.79. The molecule has 6 rings (SSSR count). The monoisotopic (exact) mass is 491 g/mol. The van der Waals surface area contributed by atoms with Crippen molar-refractivity contribution in [3.8, 4) is 0 Å². The third-order valence-electron chi connectivity index (χ3n) is 8.21. The second-order valence-corrected chi connectivity index (χ2v) is 12.8. The van der Waals surface area contributed by atoms with Gasteiger partial charge < -0.3 is 10.6 Å². The van der Waals surface area contributed by atoms with Crippen LogP contribution in [-0.4, -0.2) is 60.2 Å². The minimum Gasteiger partial charge on any atom is -0.351 e. The fourth-order valence-electron chi connectivity index (χ4n) is 6.07. The summed E-state index contributed by atoms with van der Waals surface area (Å²) < 4.78 is 53.8. The number of hydrogen-bond acceptors (Lipinski definition) is 6. The molecule has 1 spiro atoms. The van der Waals surface area contributed by atoms with Gasteiger partial charge in [0.2, 0.25) is 16.0 Å². The van der Waals surface area contributed by atoms with Crippen LogP contribution in [0.1, 0.15) is 68.4 Å². The third kappa shape index (κ3) is 4.07. The number of aromatic nitrogens is 2. The maximum atomic E-state index is 13.6. The van der Waals surface area contributed by atoms with Crippen LogP contribution in [0.4, 0.5) is 14.7 Å². The summed E-state index contributed by atoms with van der Waals surface area (Å²) in [6.45, 7) is 3.05. The molecule has 0 radical (unpaired) electrons. The first-order valence-corrected chi connectivity index (χ1v) is 13.9. The number of nitrogens with one attached hydrogen (secondary N) is 2. The van der Waals surface area contributed by atoms with Crippen molar-refractivity contribution < 1.29 is 17.2 Å². The van der Waals surface area contributed by atoms with Gasteiger partial charge in [-0.1, -0.05) is 0 Å². The number of rotatable bonds is 6. The van der Waals surface area contributed by atoms with E-state index < -0.39 is 16.4 Å². The number of benzene rings is 1. The van der Waals surface area contributed by atoms with Gasteiger partial charge in [-0.15, -0.1) is 0 Å². The van der Waals surface area contributed by atoms with E-state index >= 15 is 0 Å². The van der Waals surface area contributed by atoms with Crippen molar-refractivity contribution >= 4 is 26.9 Å². The zero-order valence-corrected chi connectivity index (χ0v) is 20.0. The third-order valence-corrected chi connectivity index (χ3v) is 10.6. The van der Waals surface area contributed by atoms with E-state index in [0.717, 1.165) is 56.3 Å². The summed E-state index contributed by atoms with van der Waals surface area (Å²) in [5, 5.41) is 7.28. The molecule has 1 aromatic heterocycles. The lowest BCUT2D eigenvalue weighted by atomic mass is 9.59. The normalized spacial score (nSPS) is 28.6. The number of anilines is 1. The Labute approximate surface area is 198 Å². The quantitative estimate of drug-likeness (QED) is 0.639. The zero-order chi connectivity index (χ0) is 23.5. The van der Waals surface area contributed by atoms with E-state index in [2.05, 4.69) is 15.6 Å². The van der Waals surface area contributed by atoms with E-state index in [1.54, 1.807) is 16.6 Å². The number of piperidine rings is 1. The Kier molecular flexibility index (Phi) is 5.53. The van der Waals surface area contributed by atoms with E-state index in [0.29, 0.717) is 42.7 Å². The van der Waals surface area contributed by atoms with Crippen molar-refractivity contribution in [2.75, 3.05) is 31.5 Å². The molecule has 2 aliphatic carbocycles. The summed E-state index contributed by atoms with van der Waals surface area (Å²) in [4.78, 5) is 9.19. The number of halogens is 2. The lowest BCUT2D eigenvalue weighted by Gasteiger charge is -2.45. The Bertz CT molecular complexity index is 1180. The number of fused-ring (bicyclic) bond motifs is 1. The number of alkyl halides is 2. The molecule has 2 aliphatic heterocycles. The lowest BCUT2D eigenvalue weighted by molar-refractivity contribution is 0.127. The maximum absolute atomic E-state index is 13.6. The van der Waals surface area contributed by atoms with E-state index in [-0.39, 0.29) is 22.8 Å². The van der Waals surface area contributed by atoms with Crippen LogP contribution < -0.4 is 10.6 Å².